The van der Waals surface area contributed by atoms with Gasteiger partial charge in [-0.1, -0.05) is 12.1 Å². The number of hydrogen-bond donors (Lipinski definition) is 2. The Morgan fingerprint density at radius 1 is 1.44 bits per heavy atom. The topological polar surface area (TPSA) is 69.2 Å². The zero-order valence-electron chi connectivity index (χ0n) is 10.6. The number of rotatable bonds is 4. The van der Waals surface area contributed by atoms with Crippen LogP contribution >= 0.6 is 0 Å². The molecule has 0 bridgehead atoms. The van der Waals surface area contributed by atoms with Gasteiger partial charge in [-0.3, -0.25) is 9.69 Å². The third-order valence-corrected chi connectivity index (χ3v) is 3.14. The summed E-state index contributed by atoms with van der Waals surface area (Å²) >= 11 is 0. The van der Waals surface area contributed by atoms with Gasteiger partial charge in [0.25, 0.3) is 5.56 Å². The van der Waals surface area contributed by atoms with Crippen LogP contribution < -0.4 is 5.56 Å². The van der Waals surface area contributed by atoms with Crippen molar-refractivity contribution in [1.82, 2.24) is 14.9 Å². The molecule has 1 aromatic heterocycles. The van der Waals surface area contributed by atoms with Gasteiger partial charge in [-0.05, 0) is 26.1 Å². The Hall–Kier alpha value is -1.72. The van der Waals surface area contributed by atoms with Crippen LogP contribution in [-0.4, -0.2) is 40.2 Å². The Kier molecular flexibility index (Phi) is 3.74. The zero-order chi connectivity index (χ0) is 13.1. The number of likely N-dealkylation sites (N-methyl/N-ethyl adjacent to an activating group) is 1. The SMILES string of the molecule is CC(c1nc2ccccc2c(=O)[nH]1)N(C)CCO. The lowest BCUT2D eigenvalue weighted by atomic mass is 10.2. The van der Waals surface area contributed by atoms with Crippen molar-refractivity contribution in [3.63, 3.8) is 0 Å². The normalized spacial score (nSPS) is 13.1. The number of fused-ring (bicyclic) bond motifs is 1. The fraction of sp³-hybridized carbons (Fsp3) is 0.385. The van der Waals surface area contributed by atoms with Crippen LogP contribution in [0.15, 0.2) is 29.1 Å². The molecule has 0 saturated carbocycles. The van der Waals surface area contributed by atoms with Crippen LogP contribution in [0.25, 0.3) is 10.9 Å². The molecule has 1 heterocycles. The van der Waals surface area contributed by atoms with Gasteiger partial charge in [0.15, 0.2) is 0 Å². The Labute approximate surface area is 105 Å². The van der Waals surface area contributed by atoms with Crippen LogP contribution in [0, 0.1) is 0 Å². The molecule has 96 valence electrons. The number of nitrogens with one attached hydrogen (secondary N) is 1. The number of aliphatic hydroxyl groups excluding tert-OH is 1. The van der Waals surface area contributed by atoms with E-state index in [9.17, 15) is 4.79 Å². The standard InChI is InChI=1S/C13H17N3O2/c1-9(16(2)7-8-17)12-14-11-6-4-3-5-10(11)13(18)15-12/h3-6,9,17H,7-8H2,1-2H3,(H,14,15,18). The van der Waals surface area contributed by atoms with Crippen LogP contribution in [0.5, 0.6) is 0 Å². The summed E-state index contributed by atoms with van der Waals surface area (Å²) in [6, 6.07) is 7.22. The zero-order valence-corrected chi connectivity index (χ0v) is 10.6. The van der Waals surface area contributed by atoms with Crippen LogP contribution in [0.3, 0.4) is 0 Å². The highest BCUT2D eigenvalue weighted by molar-refractivity contribution is 5.77. The van der Waals surface area contributed by atoms with E-state index in [0.29, 0.717) is 23.3 Å². The second-order valence-electron chi connectivity index (χ2n) is 4.35. The molecule has 0 spiro atoms. The molecule has 0 radical (unpaired) electrons. The van der Waals surface area contributed by atoms with Crippen LogP contribution in [0.4, 0.5) is 0 Å². The lowest BCUT2D eigenvalue weighted by molar-refractivity contribution is 0.184. The van der Waals surface area contributed by atoms with Gasteiger partial charge in [0.05, 0.1) is 23.6 Å². The smallest absolute Gasteiger partial charge is 0.258 e. The maximum absolute atomic E-state index is 11.9. The highest BCUT2D eigenvalue weighted by Crippen LogP contribution is 2.15. The first-order valence-corrected chi connectivity index (χ1v) is 5.93. The average molecular weight is 247 g/mol. The van der Waals surface area contributed by atoms with E-state index in [1.165, 1.54) is 0 Å². The number of hydrogen-bond acceptors (Lipinski definition) is 4. The van der Waals surface area contributed by atoms with E-state index >= 15 is 0 Å². The first kappa shape index (κ1) is 12.7. The van der Waals surface area contributed by atoms with Crippen molar-refractivity contribution in [2.45, 2.75) is 13.0 Å². The van der Waals surface area contributed by atoms with Crippen LogP contribution in [0.2, 0.25) is 0 Å². The first-order chi connectivity index (χ1) is 8.63. The van der Waals surface area contributed by atoms with Gasteiger partial charge in [0.1, 0.15) is 5.82 Å². The fourth-order valence-electron chi connectivity index (χ4n) is 1.86. The summed E-state index contributed by atoms with van der Waals surface area (Å²) in [5.74, 6) is 0.620. The molecule has 5 heteroatoms. The predicted octanol–water partition coefficient (Wildman–Crippen LogP) is 0.908. The summed E-state index contributed by atoms with van der Waals surface area (Å²) in [5.41, 5.74) is 0.570. The van der Waals surface area contributed by atoms with E-state index < -0.39 is 0 Å². The van der Waals surface area contributed by atoms with Crippen molar-refractivity contribution in [1.29, 1.82) is 0 Å². The molecular formula is C13H17N3O2. The number of nitrogens with zero attached hydrogens (tertiary/aromatic N) is 2. The van der Waals surface area contributed by atoms with Gasteiger partial charge in [0, 0.05) is 6.54 Å². The molecule has 5 nitrogen and oxygen atoms in total. The van der Waals surface area contributed by atoms with Gasteiger partial charge < -0.3 is 10.1 Å². The minimum absolute atomic E-state index is 0.0468. The fourth-order valence-corrected chi connectivity index (χ4v) is 1.86. The van der Waals surface area contributed by atoms with E-state index in [-0.39, 0.29) is 18.2 Å². The first-order valence-electron chi connectivity index (χ1n) is 5.93. The Balaban J connectivity index is 2.43. The summed E-state index contributed by atoms with van der Waals surface area (Å²) in [7, 11) is 1.88. The summed E-state index contributed by atoms with van der Waals surface area (Å²) in [6.45, 7) is 2.57. The van der Waals surface area contributed by atoms with Gasteiger partial charge in [-0.15, -0.1) is 0 Å². The second kappa shape index (κ2) is 5.29. The number of aromatic amines is 1. The monoisotopic (exact) mass is 247 g/mol. The summed E-state index contributed by atoms with van der Waals surface area (Å²) < 4.78 is 0. The van der Waals surface area contributed by atoms with Crippen molar-refractivity contribution < 1.29 is 5.11 Å². The molecule has 0 aliphatic rings. The number of aliphatic hydroxyl groups is 1. The predicted molar refractivity (Wildman–Crippen MR) is 70.5 cm³/mol. The molecule has 2 aromatic rings. The van der Waals surface area contributed by atoms with E-state index in [2.05, 4.69) is 9.97 Å². The number of para-hydroxylation sites is 1. The molecule has 0 aliphatic carbocycles. The van der Waals surface area contributed by atoms with Gasteiger partial charge in [0.2, 0.25) is 0 Å². The molecule has 0 saturated heterocycles. The van der Waals surface area contributed by atoms with E-state index in [1.807, 2.05) is 37.1 Å². The molecule has 0 fully saturated rings. The number of benzene rings is 1. The third kappa shape index (κ3) is 2.42. The van der Waals surface area contributed by atoms with Crippen molar-refractivity contribution >= 4 is 10.9 Å². The van der Waals surface area contributed by atoms with Crippen molar-refractivity contribution in [2.24, 2.45) is 0 Å². The molecule has 18 heavy (non-hydrogen) atoms. The van der Waals surface area contributed by atoms with Crippen molar-refractivity contribution in [3.8, 4) is 0 Å². The average Bonchev–Trinajstić information content (AvgIpc) is 2.38. The Bertz CT molecular complexity index is 594. The molecule has 0 amide bonds. The Morgan fingerprint density at radius 3 is 2.89 bits per heavy atom. The molecule has 1 unspecified atom stereocenters. The summed E-state index contributed by atoms with van der Waals surface area (Å²) in [6.07, 6.45) is 0. The minimum atomic E-state index is -0.125. The second-order valence-corrected chi connectivity index (χ2v) is 4.35. The molecule has 1 atom stereocenters. The summed E-state index contributed by atoms with van der Waals surface area (Å²) in [5, 5.41) is 9.52. The van der Waals surface area contributed by atoms with Crippen molar-refractivity contribution in [3.05, 3.63) is 40.4 Å². The van der Waals surface area contributed by atoms with E-state index in [4.69, 9.17) is 5.11 Å². The largest absolute Gasteiger partial charge is 0.395 e. The van der Waals surface area contributed by atoms with Crippen LogP contribution in [-0.2, 0) is 0 Å². The van der Waals surface area contributed by atoms with Gasteiger partial charge >= 0.3 is 0 Å². The molecule has 2 N–H and O–H groups in total. The third-order valence-electron chi connectivity index (χ3n) is 3.14. The lowest BCUT2D eigenvalue weighted by Gasteiger charge is -2.22. The van der Waals surface area contributed by atoms with Crippen LogP contribution in [0.1, 0.15) is 18.8 Å². The highest BCUT2D eigenvalue weighted by atomic mass is 16.3. The lowest BCUT2D eigenvalue weighted by Crippen LogP contribution is -2.28. The maximum Gasteiger partial charge on any atom is 0.258 e. The Morgan fingerprint density at radius 2 is 2.17 bits per heavy atom. The van der Waals surface area contributed by atoms with E-state index in [0.717, 1.165) is 0 Å². The summed E-state index contributed by atoms with van der Waals surface area (Å²) in [4.78, 5) is 21.1. The maximum atomic E-state index is 11.9. The van der Waals surface area contributed by atoms with Gasteiger partial charge in [-0.2, -0.15) is 0 Å². The minimum Gasteiger partial charge on any atom is -0.395 e. The molecular weight excluding hydrogens is 230 g/mol. The van der Waals surface area contributed by atoms with E-state index in [1.54, 1.807) is 6.07 Å². The molecule has 0 aliphatic heterocycles. The number of aromatic nitrogens is 2. The quantitative estimate of drug-likeness (QED) is 0.842. The molecule has 2 rings (SSSR count). The van der Waals surface area contributed by atoms with Crippen molar-refractivity contribution in [2.75, 3.05) is 20.2 Å². The van der Waals surface area contributed by atoms with Gasteiger partial charge in [-0.25, -0.2) is 4.98 Å². The molecule has 1 aromatic carbocycles. The highest BCUT2D eigenvalue weighted by Gasteiger charge is 2.14. The number of H-pyrrole nitrogens is 1.